The van der Waals surface area contributed by atoms with E-state index in [1.807, 2.05) is 0 Å². The normalized spacial score (nSPS) is 41.1. The first kappa shape index (κ1) is 11.6. The molecule has 2 bridgehead atoms. The van der Waals surface area contributed by atoms with Crippen molar-refractivity contribution in [3.8, 4) is 0 Å². The highest BCUT2D eigenvalue weighted by molar-refractivity contribution is 7.57. The standard InChI is InChI=1S/C9H22N5P/c1-11-4-7-14-8-5-12(2)15(11,10)13(3)6-9-14/h10H,4-9H2,1-3H3. The first-order valence-corrected chi connectivity index (χ1v) is 7.21. The van der Waals surface area contributed by atoms with E-state index in [2.05, 4.69) is 40.1 Å². The van der Waals surface area contributed by atoms with Gasteiger partial charge in [-0.1, -0.05) is 0 Å². The quantitative estimate of drug-likeness (QED) is 0.621. The largest absolute Gasteiger partial charge is 0.299 e. The van der Waals surface area contributed by atoms with Crippen LogP contribution in [0, 0.1) is 5.16 Å². The molecule has 3 rings (SSSR count). The number of hydrogen-bond acceptors (Lipinski definition) is 2. The minimum absolute atomic E-state index is 1.02. The molecule has 3 aliphatic heterocycles. The topological polar surface area (TPSA) is 36.8 Å². The van der Waals surface area contributed by atoms with Crippen molar-refractivity contribution in [1.82, 2.24) is 18.9 Å². The van der Waals surface area contributed by atoms with Crippen molar-refractivity contribution >= 4 is 7.51 Å². The van der Waals surface area contributed by atoms with Gasteiger partial charge in [0.25, 0.3) is 0 Å². The van der Waals surface area contributed by atoms with E-state index in [0.29, 0.717) is 0 Å². The van der Waals surface area contributed by atoms with E-state index < -0.39 is 7.51 Å². The van der Waals surface area contributed by atoms with Crippen LogP contribution in [0.3, 0.4) is 0 Å². The van der Waals surface area contributed by atoms with Crippen LogP contribution < -0.4 is 0 Å². The van der Waals surface area contributed by atoms with Gasteiger partial charge in [-0.2, -0.15) is 0 Å². The predicted octanol–water partition coefficient (Wildman–Crippen LogP) is 0.636. The average Bonchev–Trinajstić information content (AvgIpc) is 2.22. The molecule has 0 aromatic rings. The predicted molar refractivity (Wildman–Crippen MR) is 64.0 cm³/mol. The number of nitrogens with zero attached hydrogens (tertiary/aromatic N) is 4. The summed E-state index contributed by atoms with van der Waals surface area (Å²) in [6.07, 6.45) is 0. The summed E-state index contributed by atoms with van der Waals surface area (Å²) in [5.74, 6) is 0. The minimum Gasteiger partial charge on any atom is -0.299 e. The third kappa shape index (κ3) is 1.87. The van der Waals surface area contributed by atoms with Crippen LogP contribution in [0.15, 0.2) is 0 Å². The Morgan fingerprint density at radius 1 is 0.733 bits per heavy atom. The maximum Gasteiger partial charge on any atom is 0.164 e. The van der Waals surface area contributed by atoms with Gasteiger partial charge in [0.05, 0.1) is 0 Å². The Hall–Kier alpha value is 0.0700. The number of hydrogen-bond donors (Lipinski definition) is 1. The highest BCUT2D eigenvalue weighted by Gasteiger charge is 2.36. The molecule has 0 saturated carbocycles. The molecule has 0 unspecified atom stereocenters. The maximum absolute atomic E-state index is 8.77. The van der Waals surface area contributed by atoms with Gasteiger partial charge in [-0.05, 0) is 21.1 Å². The summed E-state index contributed by atoms with van der Waals surface area (Å²) >= 11 is 0. The molecule has 3 fully saturated rings. The summed E-state index contributed by atoms with van der Waals surface area (Å²) in [6.45, 7) is 6.43. The summed E-state index contributed by atoms with van der Waals surface area (Å²) in [4.78, 5) is 2.51. The monoisotopic (exact) mass is 231 g/mol. The number of fused-ring (bicyclic) bond motifs is 6. The molecule has 88 valence electrons. The van der Waals surface area contributed by atoms with Crippen LogP contribution in [-0.4, -0.2) is 79.3 Å². The van der Waals surface area contributed by atoms with E-state index >= 15 is 0 Å². The molecule has 0 aromatic heterocycles. The summed E-state index contributed by atoms with van der Waals surface area (Å²) < 4.78 is 6.75. The molecule has 0 atom stereocenters. The van der Waals surface area contributed by atoms with E-state index in [-0.39, 0.29) is 0 Å². The zero-order valence-electron chi connectivity index (χ0n) is 9.98. The van der Waals surface area contributed by atoms with Crippen molar-refractivity contribution in [1.29, 1.82) is 5.16 Å². The summed E-state index contributed by atoms with van der Waals surface area (Å²) in [7, 11) is 4.35. The Labute approximate surface area is 92.6 Å². The molecule has 0 radical (unpaired) electrons. The molecule has 0 spiro atoms. The molecule has 3 saturated heterocycles. The Morgan fingerprint density at radius 3 is 1.40 bits per heavy atom. The smallest absolute Gasteiger partial charge is 0.164 e. The van der Waals surface area contributed by atoms with Crippen molar-refractivity contribution < 1.29 is 0 Å². The Bertz CT molecular complexity index is 239. The third-order valence-corrected chi connectivity index (χ3v) is 7.10. The van der Waals surface area contributed by atoms with Gasteiger partial charge >= 0.3 is 0 Å². The molecule has 6 heteroatoms. The first-order chi connectivity index (χ1) is 7.05. The molecule has 0 aliphatic carbocycles. The van der Waals surface area contributed by atoms with Crippen LogP contribution >= 0.6 is 7.51 Å². The second-order valence-corrected chi connectivity index (χ2v) is 7.74. The van der Waals surface area contributed by atoms with Crippen molar-refractivity contribution in [2.45, 2.75) is 0 Å². The SMILES string of the molecule is CN1CCN2CCN(C)P1(=N)N(C)CC2. The molecule has 1 N–H and O–H groups in total. The van der Waals surface area contributed by atoms with E-state index in [1.54, 1.807) is 0 Å². The van der Waals surface area contributed by atoms with Crippen molar-refractivity contribution in [2.75, 3.05) is 60.4 Å². The third-order valence-electron chi connectivity index (χ3n) is 3.65. The lowest BCUT2D eigenvalue weighted by molar-refractivity contribution is 0.184. The van der Waals surface area contributed by atoms with Gasteiger partial charge in [-0.15, -0.1) is 0 Å². The number of likely N-dealkylation sites (N-methyl/N-ethyl adjacent to an activating group) is 3. The molecule has 3 aliphatic rings. The van der Waals surface area contributed by atoms with Gasteiger partial charge in [-0.3, -0.25) is 10.1 Å². The van der Waals surface area contributed by atoms with Crippen LogP contribution in [-0.2, 0) is 0 Å². The fourth-order valence-electron chi connectivity index (χ4n) is 2.39. The van der Waals surface area contributed by atoms with E-state index in [4.69, 9.17) is 5.16 Å². The van der Waals surface area contributed by atoms with Gasteiger partial charge in [0, 0.05) is 39.3 Å². The van der Waals surface area contributed by atoms with Crippen LogP contribution in [0.25, 0.3) is 0 Å². The van der Waals surface area contributed by atoms with Gasteiger partial charge < -0.3 is 0 Å². The van der Waals surface area contributed by atoms with Gasteiger partial charge in [0.1, 0.15) is 0 Å². The van der Waals surface area contributed by atoms with E-state index in [1.165, 1.54) is 0 Å². The van der Waals surface area contributed by atoms with Crippen LogP contribution in [0.5, 0.6) is 0 Å². The van der Waals surface area contributed by atoms with Crippen LogP contribution in [0.1, 0.15) is 0 Å². The van der Waals surface area contributed by atoms with Crippen LogP contribution in [0.2, 0.25) is 0 Å². The maximum atomic E-state index is 8.77. The summed E-state index contributed by atoms with van der Waals surface area (Å²) in [6, 6.07) is 0. The second kappa shape index (κ2) is 4.15. The highest BCUT2D eigenvalue weighted by Crippen LogP contribution is 2.55. The lowest BCUT2D eigenvalue weighted by Gasteiger charge is -2.49. The lowest BCUT2D eigenvalue weighted by Crippen LogP contribution is -2.51. The fourth-order valence-corrected chi connectivity index (χ4v) is 5.06. The lowest BCUT2D eigenvalue weighted by atomic mass is 10.4. The highest BCUT2D eigenvalue weighted by atomic mass is 31.2. The molecule has 5 nitrogen and oxygen atoms in total. The van der Waals surface area contributed by atoms with Crippen molar-refractivity contribution in [3.63, 3.8) is 0 Å². The molecular weight excluding hydrogens is 209 g/mol. The Kier molecular flexibility index (Phi) is 3.20. The Balaban J connectivity index is 2.34. The summed E-state index contributed by atoms with van der Waals surface area (Å²) in [5, 5.41) is 8.77. The van der Waals surface area contributed by atoms with Gasteiger partial charge in [-0.25, -0.2) is 14.0 Å². The molecule has 0 amide bonds. The van der Waals surface area contributed by atoms with Crippen molar-refractivity contribution in [3.05, 3.63) is 0 Å². The first-order valence-electron chi connectivity index (χ1n) is 5.56. The number of rotatable bonds is 0. The van der Waals surface area contributed by atoms with E-state index in [0.717, 1.165) is 39.3 Å². The van der Waals surface area contributed by atoms with E-state index in [9.17, 15) is 0 Å². The minimum atomic E-state index is -1.95. The zero-order valence-corrected chi connectivity index (χ0v) is 10.9. The van der Waals surface area contributed by atoms with Crippen molar-refractivity contribution in [2.24, 2.45) is 0 Å². The molecule has 0 aromatic carbocycles. The second-order valence-electron chi connectivity index (χ2n) is 4.55. The molecule has 15 heavy (non-hydrogen) atoms. The summed E-state index contributed by atoms with van der Waals surface area (Å²) in [5.41, 5.74) is 0. The van der Waals surface area contributed by atoms with Gasteiger partial charge in [0.15, 0.2) is 7.51 Å². The van der Waals surface area contributed by atoms with Gasteiger partial charge in [0.2, 0.25) is 0 Å². The average molecular weight is 231 g/mol. The molecule has 3 heterocycles. The Morgan fingerprint density at radius 2 is 1.07 bits per heavy atom. The fraction of sp³-hybridized carbons (Fsp3) is 1.00. The zero-order chi connectivity index (χ0) is 11.1. The number of nitrogens with one attached hydrogen (secondary N) is 1. The van der Waals surface area contributed by atoms with Crippen LogP contribution in [0.4, 0.5) is 0 Å². The molecular formula is C9H22N5P.